The number of piperidine rings is 1. The van der Waals surface area contributed by atoms with Crippen LogP contribution in [-0.4, -0.2) is 81.1 Å². The average molecular weight is 274 g/mol. The molecular weight excluding hydrogens is 250 g/mol. The number of piperazine rings is 1. The summed E-state index contributed by atoms with van der Waals surface area (Å²) in [6.45, 7) is 6.07. The van der Waals surface area contributed by atoms with E-state index in [4.69, 9.17) is 0 Å². The number of nitrogens with zero attached hydrogens (tertiary/aromatic N) is 3. The number of likely N-dealkylation sites (N-methyl/N-ethyl adjacent to an activating group) is 1. The maximum absolute atomic E-state index is 12.2. The lowest BCUT2D eigenvalue weighted by atomic mass is 10.2. The zero-order chi connectivity index (χ0) is 13.0. The molecule has 0 atom stereocenters. The summed E-state index contributed by atoms with van der Waals surface area (Å²) in [4.78, 5) is 4.54. The lowest BCUT2D eigenvalue weighted by molar-refractivity contribution is 0.160. The van der Waals surface area contributed by atoms with Crippen molar-refractivity contribution < 1.29 is 8.42 Å². The fourth-order valence-corrected chi connectivity index (χ4v) is 3.96. The van der Waals surface area contributed by atoms with Crippen LogP contribution in [0.5, 0.6) is 0 Å². The number of hydrogen-bond acceptors (Lipinski definition) is 4. The van der Waals surface area contributed by atoms with Gasteiger partial charge in [0, 0.05) is 45.8 Å². The lowest BCUT2D eigenvalue weighted by Gasteiger charge is -2.33. The van der Waals surface area contributed by atoms with Crippen molar-refractivity contribution in [1.82, 2.24) is 14.1 Å². The van der Waals surface area contributed by atoms with E-state index in [9.17, 15) is 8.42 Å². The molecule has 2 saturated heterocycles. The SMILES string of the molecule is CN1CCN(CCS(=O)(=O)N2CC[CH]CC2)CC1. The average Bonchev–Trinajstić information content (AvgIpc) is 2.39. The van der Waals surface area contributed by atoms with Gasteiger partial charge in [0.15, 0.2) is 0 Å². The normalized spacial score (nSPS) is 25.4. The van der Waals surface area contributed by atoms with Crippen molar-refractivity contribution in [2.75, 3.05) is 58.6 Å². The molecule has 5 nitrogen and oxygen atoms in total. The molecular formula is C12H24N3O2S. The molecule has 0 saturated carbocycles. The smallest absolute Gasteiger partial charge is 0.215 e. The van der Waals surface area contributed by atoms with Crippen LogP contribution in [-0.2, 0) is 10.0 Å². The molecule has 2 heterocycles. The fourth-order valence-electron chi connectivity index (χ4n) is 2.45. The molecule has 1 radical (unpaired) electrons. The van der Waals surface area contributed by atoms with Crippen molar-refractivity contribution in [1.29, 1.82) is 0 Å². The third-order valence-electron chi connectivity index (χ3n) is 3.82. The summed E-state index contributed by atoms with van der Waals surface area (Å²) >= 11 is 0. The summed E-state index contributed by atoms with van der Waals surface area (Å²) in [5.74, 6) is 0.275. The Morgan fingerprint density at radius 1 is 1.00 bits per heavy atom. The van der Waals surface area contributed by atoms with Gasteiger partial charge in [0.2, 0.25) is 10.0 Å². The largest absolute Gasteiger partial charge is 0.304 e. The quantitative estimate of drug-likeness (QED) is 0.716. The summed E-state index contributed by atoms with van der Waals surface area (Å²) in [6.07, 6.45) is 3.97. The Balaban J connectivity index is 1.77. The molecule has 0 aromatic heterocycles. The minimum Gasteiger partial charge on any atom is -0.304 e. The third-order valence-corrected chi connectivity index (χ3v) is 5.67. The van der Waals surface area contributed by atoms with Crippen molar-refractivity contribution in [2.45, 2.75) is 12.8 Å². The van der Waals surface area contributed by atoms with E-state index < -0.39 is 10.0 Å². The van der Waals surface area contributed by atoms with Crippen LogP contribution in [0.4, 0.5) is 0 Å². The van der Waals surface area contributed by atoms with E-state index in [0.717, 1.165) is 39.0 Å². The summed E-state index contributed by atoms with van der Waals surface area (Å²) in [5.41, 5.74) is 0. The second-order valence-corrected chi connectivity index (χ2v) is 7.31. The van der Waals surface area contributed by atoms with Crippen LogP contribution in [0.1, 0.15) is 12.8 Å². The molecule has 0 aromatic rings. The van der Waals surface area contributed by atoms with Gasteiger partial charge in [-0.25, -0.2) is 12.7 Å². The lowest BCUT2D eigenvalue weighted by Crippen LogP contribution is -2.47. The van der Waals surface area contributed by atoms with Gasteiger partial charge in [-0.1, -0.05) is 0 Å². The predicted molar refractivity (Wildman–Crippen MR) is 72.8 cm³/mol. The van der Waals surface area contributed by atoms with E-state index in [-0.39, 0.29) is 5.75 Å². The molecule has 2 fully saturated rings. The molecule has 2 aliphatic rings. The highest BCUT2D eigenvalue weighted by Gasteiger charge is 2.25. The molecule has 0 spiro atoms. The Labute approximate surface area is 111 Å². The predicted octanol–water partition coefficient (Wildman–Crippen LogP) is -0.136. The first-order valence-corrected chi connectivity index (χ1v) is 8.39. The summed E-state index contributed by atoms with van der Waals surface area (Å²) in [7, 11) is -0.929. The summed E-state index contributed by atoms with van der Waals surface area (Å²) < 4.78 is 26.0. The van der Waals surface area contributed by atoms with Gasteiger partial charge >= 0.3 is 0 Å². The van der Waals surface area contributed by atoms with E-state index in [1.54, 1.807) is 4.31 Å². The topological polar surface area (TPSA) is 43.9 Å². The molecule has 0 aromatic carbocycles. The third kappa shape index (κ3) is 3.91. The zero-order valence-corrected chi connectivity index (χ0v) is 12.0. The highest BCUT2D eigenvalue weighted by Crippen LogP contribution is 2.13. The molecule has 0 aliphatic carbocycles. The maximum Gasteiger partial charge on any atom is 0.215 e. The van der Waals surface area contributed by atoms with Crippen LogP contribution in [0.25, 0.3) is 0 Å². The molecule has 2 rings (SSSR count). The molecule has 0 amide bonds. The van der Waals surface area contributed by atoms with Gasteiger partial charge in [0.1, 0.15) is 0 Å². The Bertz CT molecular complexity index is 344. The molecule has 2 aliphatic heterocycles. The monoisotopic (exact) mass is 274 g/mol. The van der Waals surface area contributed by atoms with Gasteiger partial charge in [-0.05, 0) is 26.3 Å². The van der Waals surface area contributed by atoms with Crippen molar-refractivity contribution in [3.63, 3.8) is 0 Å². The van der Waals surface area contributed by atoms with Crippen LogP contribution in [0.2, 0.25) is 0 Å². The van der Waals surface area contributed by atoms with Crippen LogP contribution in [0.15, 0.2) is 0 Å². The van der Waals surface area contributed by atoms with E-state index in [1.807, 2.05) is 0 Å². The van der Waals surface area contributed by atoms with E-state index in [2.05, 4.69) is 23.3 Å². The number of sulfonamides is 1. The first-order valence-electron chi connectivity index (χ1n) is 6.78. The second kappa shape index (κ2) is 6.32. The van der Waals surface area contributed by atoms with E-state index in [1.165, 1.54) is 0 Å². The van der Waals surface area contributed by atoms with E-state index in [0.29, 0.717) is 19.6 Å². The summed E-state index contributed by atoms with van der Waals surface area (Å²) in [5, 5.41) is 0. The first-order chi connectivity index (χ1) is 8.58. The molecule has 0 unspecified atom stereocenters. The minimum absolute atomic E-state index is 0.275. The van der Waals surface area contributed by atoms with Crippen molar-refractivity contribution >= 4 is 10.0 Å². The Kier molecular flexibility index (Phi) is 5.00. The zero-order valence-electron chi connectivity index (χ0n) is 11.2. The van der Waals surface area contributed by atoms with Crippen LogP contribution in [0, 0.1) is 6.42 Å². The minimum atomic E-state index is -3.04. The summed E-state index contributed by atoms with van der Waals surface area (Å²) in [6, 6.07) is 0. The second-order valence-electron chi connectivity index (χ2n) is 5.23. The number of rotatable bonds is 4. The highest BCUT2D eigenvalue weighted by atomic mass is 32.2. The van der Waals surface area contributed by atoms with Gasteiger partial charge in [0.05, 0.1) is 5.75 Å². The van der Waals surface area contributed by atoms with Crippen LogP contribution < -0.4 is 0 Å². The maximum atomic E-state index is 12.2. The molecule has 105 valence electrons. The van der Waals surface area contributed by atoms with Crippen LogP contribution >= 0.6 is 0 Å². The number of hydrogen-bond donors (Lipinski definition) is 0. The van der Waals surface area contributed by atoms with Crippen LogP contribution in [0.3, 0.4) is 0 Å². The van der Waals surface area contributed by atoms with Crippen molar-refractivity contribution in [3.05, 3.63) is 6.42 Å². The molecule has 18 heavy (non-hydrogen) atoms. The first kappa shape index (κ1) is 14.2. The fraction of sp³-hybridized carbons (Fsp3) is 0.917. The molecule has 0 N–H and O–H groups in total. The van der Waals surface area contributed by atoms with Crippen molar-refractivity contribution in [2.24, 2.45) is 0 Å². The van der Waals surface area contributed by atoms with Gasteiger partial charge in [-0.2, -0.15) is 0 Å². The van der Waals surface area contributed by atoms with Gasteiger partial charge in [-0.3, -0.25) is 4.90 Å². The standard InChI is InChI=1S/C12H24N3O2S/c1-13-7-9-14(10-8-13)11-12-18(16,17)15-5-3-2-4-6-15/h2H,3-12H2,1H3. The van der Waals surface area contributed by atoms with E-state index >= 15 is 0 Å². The Morgan fingerprint density at radius 2 is 1.61 bits per heavy atom. The Morgan fingerprint density at radius 3 is 2.22 bits per heavy atom. The molecule has 6 heteroatoms. The van der Waals surface area contributed by atoms with Crippen molar-refractivity contribution in [3.8, 4) is 0 Å². The van der Waals surface area contributed by atoms with Gasteiger partial charge in [0.25, 0.3) is 0 Å². The van der Waals surface area contributed by atoms with Gasteiger partial charge < -0.3 is 4.90 Å². The van der Waals surface area contributed by atoms with Gasteiger partial charge in [-0.15, -0.1) is 0 Å². The highest BCUT2D eigenvalue weighted by molar-refractivity contribution is 7.89. The Hall–Kier alpha value is -0.170. The molecule has 0 bridgehead atoms.